The summed E-state index contributed by atoms with van der Waals surface area (Å²) in [4.78, 5) is 34.7. The van der Waals surface area contributed by atoms with Gasteiger partial charge in [0.25, 0.3) is 11.8 Å². The van der Waals surface area contributed by atoms with Crippen molar-refractivity contribution in [2.75, 3.05) is 40.3 Å². The molecule has 2 fully saturated rings. The quantitative estimate of drug-likeness (QED) is 0.508. The van der Waals surface area contributed by atoms with Crippen molar-refractivity contribution in [2.24, 2.45) is 4.99 Å². The van der Waals surface area contributed by atoms with E-state index in [9.17, 15) is 31.2 Å². The van der Waals surface area contributed by atoms with E-state index in [1.165, 1.54) is 22.5 Å². The first-order valence-electron chi connectivity index (χ1n) is 14.9. The van der Waals surface area contributed by atoms with E-state index < -0.39 is 33.2 Å². The summed E-state index contributed by atoms with van der Waals surface area (Å²) in [6, 6.07) is 8.33. The number of sulfonamides is 1. The van der Waals surface area contributed by atoms with Crippen LogP contribution in [0.4, 0.5) is 13.2 Å². The van der Waals surface area contributed by atoms with Gasteiger partial charge in [-0.25, -0.2) is 8.42 Å². The number of aryl methyl sites for hydroxylation is 2. The molecule has 9 nitrogen and oxygen atoms in total. The minimum absolute atomic E-state index is 0.0220. The minimum Gasteiger partial charge on any atom is -0.339 e. The second kappa shape index (κ2) is 12.3. The number of likely N-dealkylation sites (tertiary alicyclic amines) is 1. The standard InChI is InChI=1S/C32H38F3N5O4S/c1-21-18-24(29(41)39(4)26-8-13-38(3)14-9-26)19-22(2)27(21)10-17-45(43,44)40-15-11-31(12-16-40)30(42)36-28(37-31)23-6-5-7-25(20-23)32(33,34)35/h5-7,10,17-20,26H,8-9,11-16H2,1-4H3,(H,36,37,42)/b17-10+. The lowest BCUT2D eigenvalue weighted by Crippen LogP contribution is -2.50. The number of nitrogens with zero attached hydrogens (tertiary/aromatic N) is 4. The van der Waals surface area contributed by atoms with E-state index in [-0.39, 0.29) is 49.3 Å². The van der Waals surface area contributed by atoms with E-state index in [0.717, 1.165) is 54.6 Å². The first kappa shape index (κ1) is 32.8. The summed E-state index contributed by atoms with van der Waals surface area (Å²) in [5, 5.41) is 3.73. The van der Waals surface area contributed by atoms with Crippen LogP contribution in [0.15, 0.2) is 46.8 Å². The van der Waals surface area contributed by atoms with Crippen molar-refractivity contribution >= 4 is 33.7 Å². The maximum atomic E-state index is 13.3. The van der Waals surface area contributed by atoms with Gasteiger partial charge in [-0.2, -0.15) is 17.5 Å². The van der Waals surface area contributed by atoms with E-state index in [2.05, 4.69) is 22.3 Å². The fourth-order valence-electron chi connectivity index (χ4n) is 6.30. The Kier molecular flexibility index (Phi) is 9.00. The second-order valence-electron chi connectivity index (χ2n) is 12.2. The molecule has 0 bridgehead atoms. The maximum absolute atomic E-state index is 13.3. The van der Waals surface area contributed by atoms with Crippen LogP contribution in [0.3, 0.4) is 0 Å². The molecule has 3 aliphatic rings. The summed E-state index contributed by atoms with van der Waals surface area (Å²) in [6.45, 7) is 5.61. The van der Waals surface area contributed by atoms with Gasteiger partial charge in [0.05, 0.1) is 5.56 Å². The lowest BCUT2D eigenvalue weighted by molar-refractivity contribution is -0.137. The molecule has 242 valence electrons. The molecule has 2 aromatic rings. The fourth-order valence-corrected chi connectivity index (χ4v) is 7.47. The molecule has 2 saturated heterocycles. The van der Waals surface area contributed by atoms with Gasteiger partial charge in [0, 0.05) is 42.7 Å². The molecule has 0 unspecified atom stereocenters. The number of benzene rings is 2. The van der Waals surface area contributed by atoms with Gasteiger partial charge in [-0.1, -0.05) is 12.1 Å². The van der Waals surface area contributed by atoms with Gasteiger partial charge >= 0.3 is 6.18 Å². The minimum atomic E-state index is -4.54. The lowest BCUT2D eigenvalue weighted by atomic mass is 9.89. The van der Waals surface area contributed by atoms with E-state index in [1.807, 2.05) is 25.8 Å². The predicted octanol–water partition coefficient (Wildman–Crippen LogP) is 4.20. The van der Waals surface area contributed by atoms with Crippen LogP contribution in [-0.2, 0) is 21.0 Å². The van der Waals surface area contributed by atoms with Crippen molar-refractivity contribution in [3.8, 4) is 0 Å². The van der Waals surface area contributed by atoms with Crippen molar-refractivity contribution in [1.82, 2.24) is 19.4 Å². The molecule has 0 aliphatic carbocycles. The molecule has 0 atom stereocenters. The van der Waals surface area contributed by atoms with Gasteiger partial charge in [0.15, 0.2) is 0 Å². The Labute approximate surface area is 261 Å². The highest BCUT2D eigenvalue weighted by Crippen LogP contribution is 2.34. The molecule has 2 aromatic carbocycles. The van der Waals surface area contributed by atoms with Crippen LogP contribution >= 0.6 is 0 Å². The summed E-state index contributed by atoms with van der Waals surface area (Å²) >= 11 is 0. The Morgan fingerprint density at radius 1 is 1.07 bits per heavy atom. The molecule has 2 amide bonds. The number of amides is 2. The Morgan fingerprint density at radius 3 is 2.29 bits per heavy atom. The Balaban J connectivity index is 1.26. The zero-order valence-electron chi connectivity index (χ0n) is 25.8. The second-order valence-corrected chi connectivity index (χ2v) is 14.1. The monoisotopic (exact) mass is 645 g/mol. The number of hydrogen-bond acceptors (Lipinski definition) is 6. The number of halogens is 3. The van der Waals surface area contributed by atoms with E-state index >= 15 is 0 Å². The summed E-state index contributed by atoms with van der Waals surface area (Å²) in [5.41, 5.74) is 0.868. The number of nitrogens with one attached hydrogen (secondary N) is 1. The molecule has 1 N–H and O–H groups in total. The number of hydrogen-bond donors (Lipinski definition) is 1. The summed E-state index contributed by atoms with van der Waals surface area (Å²) in [7, 11) is 0.0487. The van der Waals surface area contributed by atoms with Crippen molar-refractivity contribution in [2.45, 2.75) is 57.3 Å². The molecule has 13 heteroatoms. The van der Waals surface area contributed by atoms with Crippen molar-refractivity contribution in [3.05, 3.63) is 75.2 Å². The zero-order valence-corrected chi connectivity index (χ0v) is 26.6. The number of alkyl halides is 3. The predicted molar refractivity (Wildman–Crippen MR) is 166 cm³/mol. The average Bonchev–Trinajstić information content (AvgIpc) is 3.31. The summed E-state index contributed by atoms with van der Waals surface area (Å²) in [5.74, 6) is -0.464. The van der Waals surface area contributed by atoms with E-state index in [0.29, 0.717) is 11.1 Å². The molecular formula is C32H38F3N5O4S. The van der Waals surface area contributed by atoms with Gasteiger partial charge in [-0.3, -0.25) is 14.6 Å². The van der Waals surface area contributed by atoms with Crippen LogP contribution < -0.4 is 5.32 Å². The molecule has 0 radical (unpaired) electrons. The highest BCUT2D eigenvalue weighted by atomic mass is 32.2. The lowest BCUT2D eigenvalue weighted by Gasteiger charge is -2.35. The summed E-state index contributed by atoms with van der Waals surface area (Å²) < 4.78 is 67.4. The number of carbonyl (C=O) groups excluding carboxylic acids is 2. The highest BCUT2D eigenvalue weighted by molar-refractivity contribution is 7.92. The Morgan fingerprint density at radius 2 is 1.69 bits per heavy atom. The number of carbonyl (C=O) groups is 2. The van der Waals surface area contributed by atoms with Crippen LogP contribution in [-0.4, -0.2) is 92.0 Å². The van der Waals surface area contributed by atoms with Gasteiger partial charge in [0.2, 0.25) is 10.0 Å². The molecule has 0 saturated carbocycles. The van der Waals surface area contributed by atoms with Gasteiger partial charge in [-0.15, -0.1) is 0 Å². The molecular weight excluding hydrogens is 607 g/mol. The molecule has 1 spiro atoms. The van der Waals surface area contributed by atoms with E-state index in [1.54, 1.807) is 12.1 Å². The van der Waals surface area contributed by atoms with Crippen molar-refractivity contribution in [3.63, 3.8) is 0 Å². The van der Waals surface area contributed by atoms with Crippen LogP contribution in [0, 0.1) is 13.8 Å². The largest absolute Gasteiger partial charge is 0.416 e. The molecule has 45 heavy (non-hydrogen) atoms. The highest BCUT2D eigenvalue weighted by Gasteiger charge is 2.47. The first-order valence-corrected chi connectivity index (χ1v) is 16.4. The SMILES string of the molecule is Cc1cc(C(=O)N(C)C2CCN(C)CC2)cc(C)c1/C=C/S(=O)(=O)N1CCC2(CC1)N=C(c1cccc(C(F)(F)F)c1)NC2=O. The maximum Gasteiger partial charge on any atom is 0.416 e. The topological polar surface area (TPSA) is 102 Å². The van der Waals surface area contributed by atoms with Crippen molar-refractivity contribution in [1.29, 1.82) is 0 Å². The summed E-state index contributed by atoms with van der Waals surface area (Å²) in [6.07, 6.45) is -0.987. The molecule has 0 aromatic heterocycles. The molecule has 5 rings (SSSR count). The third-order valence-electron chi connectivity index (χ3n) is 9.16. The zero-order chi connectivity index (χ0) is 32.7. The normalized spacial score (nSPS) is 20.1. The van der Waals surface area contributed by atoms with Gasteiger partial charge in [-0.05, 0) is 107 Å². The smallest absolute Gasteiger partial charge is 0.339 e. The molecule has 3 heterocycles. The van der Waals surface area contributed by atoms with Crippen LogP contribution in [0.25, 0.3) is 6.08 Å². The third kappa shape index (κ3) is 6.85. The number of aliphatic imine (C=N–C) groups is 1. The van der Waals surface area contributed by atoms with Crippen LogP contribution in [0.1, 0.15) is 63.9 Å². The number of piperidine rings is 2. The van der Waals surface area contributed by atoms with E-state index in [4.69, 9.17) is 0 Å². The number of rotatable bonds is 6. The third-order valence-corrected chi connectivity index (χ3v) is 10.7. The van der Waals surface area contributed by atoms with Crippen molar-refractivity contribution < 1.29 is 31.2 Å². The van der Waals surface area contributed by atoms with Crippen LogP contribution in [0.5, 0.6) is 0 Å². The Hall–Kier alpha value is -3.55. The average molecular weight is 646 g/mol. The number of amidine groups is 1. The molecule has 3 aliphatic heterocycles. The fraction of sp³-hybridized carbons (Fsp3) is 0.469. The van der Waals surface area contributed by atoms with Crippen LogP contribution in [0.2, 0.25) is 0 Å². The first-order chi connectivity index (χ1) is 21.1. The Bertz CT molecular complexity index is 1630. The van der Waals surface area contributed by atoms with Gasteiger partial charge in [0.1, 0.15) is 11.4 Å². The van der Waals surface area contributed by atoms with Gasteiger partial charge < -0.3 is 15.1 Å².